The Balaban J connectivity index is 1.15. The van der Waals surface area contributed by atoms with Crippen molar-refractivity contribution >= 4 is 5.91 Å². The second-order valence-corrected chi connectivity index (χ2v) is 8.98. The molecule has 5 heteroatoms. The first-order valence-corrected chi connectivity index (χ1v) is 11.7. The zero-order chi connectivity index (χ0) is 19.9. The molecule has 2 aliphatic heterocycles. The lowest BCUT2D eigenvalue weighted by atomic mass is 10.1. The zero-order valence-corrected chi connectivity index (χ0v) is 17.9. The molecule has 1 aliphatic carbocycles. The molecule has 1 aromatic rings. The Kier molecular flexibility index (Phi) is 7.44. The van der Waals surface area contributed by atoms with Gasteiger partial charge in [-0.25, -0.2) is 0 Å². The van der Waals surface area contributed by atoms with Gasteiger partial charge in [-0.15, -0.1) is 0 Å². The Morgan fingerprint density at radius 3 is 2.38 bits per heavy atom. The number of hydrogen-bond acceptors (Lipinski definition) is 4. The molecule has 0 aromatic heterocycles. The lowest BCUT2D eigenvalue weighted by Crippen LogP contribution is -2.35. The average Bonchev–Trinajstić information content (AvgIpc) is 3.61. The highest BCUT2D eigenvalue weighted by molar-refractivity contribution is 5.81. The van der Waals surface area contributed by atoms with E-state index in [-0.39, 0.29) is 0 Å². The second kappa shape index (κ2) is 10.4. The number of amides is 1. The highest BCUT2D eigenvalue weighted by Gasteiger charge is 2.33. The smallest absolute Gasteiger partial charge is 0.225 e. The fraction of sp³-hybridized carbons (Fsp3) is 0.708. The van der Waals surface area contributed by atoms with Gasteiger partial charge in [-0.2, -0.15) is 0 Å². The molecule has 0 spiro atoms. The molecule has 160 valence electrons. The molecular weight excluding hydrogens is 362 g/mol. The van der Waals surface area contributed by atoms with E-state index in [1.54, 1.807) is 0 Å². The first-order valence-electron chi connectivity index (χ1n) is 11.7. The van der Waals surface area contributed by atoms with E-state index in [2.05, 4.69) is 39.0 Å². The Labute approximate surface area is 176 Å². The second-order valence-electron chi connectivity index (χ2n) is 8.98. The van der Waals surface area contributed by atoms with E-state index in [0.29, 0.717) is 11.8 Å². The van der Waals surface area contributed by atoms with E-state index in [1.165, 1.54) is 37.9 Å². The number of carbonyl (C=O) groups is 1. The summed E-state index contributed by atoms with van der Waals surface area (Å²) in [5.41, 5.74) is 1.33. The van der Waals surface area contributed by atoms with Gasteiger partial charge in [0.05, 0.1) is 6.61 Å². The predicted molar refractivity (Wildman–Crippen MR) is 116 cm³/mol. The van der Waals surface area contributed by atoms with Crippen LogP contribution in [-0.4, -0.2) is 73.0 Å². The van der Waals surface area contributed by atoms with Gasteiger partial charge in [0.2, 0.25) is 5.91 Å². The Morgan fingerprint density at radius 2 is 1.62 bits per heavy atom. The van der Waals surface area contributed by atoms with Crippen LogP contribution in [0.2, 0.25) is 0 Å². The van der Waals surface area contributed by atoms with Crippen molar-refractivity contribution in [3.05, 3.63) is 29.8 Å². The third-order valence-corrected chi connectivity index (χ3v) is 6.49. The van der Waals surface area contributed by atoms with E-state index in [9.17, 15) is 4.79 Å². The summed E-state index contributed by atoms with van der Waals surface area (Å²) in [6, 6.07) is 8.60. The lowest BCUT2D eigenvalue weighted by Gasteiger charge is -2.26. The first-order chi connectivity index (χ1) is 14.3. The van der Waals surface area contributed by atoms with Crippen LogP contribution in [0.1, 0.15) is 50.5 Å². The van der Waals surface area contributed by atoms with Gasteiger partial charge in [-0.3, -0.25) is 9.69 Å². The van der Waals surface area contributed by atoms with Gasteiger partial charge >= 0.3 is 0 Å². The van der Waals surface area contributed by atoms with Crippen molar-refractivity contribution in [1.82, 2.24) is 14.7 Å². The fourth-order valence-electron chi connectivity index (χ4n) is 4.55. The molecule has 1 amide bonds. The molecule has 0 N–H and O–H groups in total. The highest BCUT2D eigenvalue weighted by atomic mass is 16.5. The average molecular weight is 400 g/mol. The van der Waals surface area contributed by atoms with Gasteiger partial charge in [0.1, 0.15) is 5.75 Å². The normalized spacial score (nSPS) is 21.7. The third-order valence-electron chi connectivity index (χ3n) is 6.49. The van der Waals surface area contributed by atoms with Crippen LogP contribution in [0, 0.1) is 5.92 Å². The number of ether oxygens (including phenoxy) is 1. The van der Waals surface area contributed by atoms with Crippen LogP contribution >= 0.6 is 0 Å². The molecule has 0 bridgehead atoms. The van der Waals surface area contributed by atoms with Gasteiger partial charge in [-0.05, 0) is 69.3 Å². The number of hydrogen-bond donors (Lipinski definition) is 0. The third kappa shape index (κ3) is 6.45. The molecule has 1 aromatic carbocycles. The minimum atomic E-state index is 0.342. The maximum Gasteiger partial charge on any atom is 0.225 e. The molecule has 29 heavy (non-hydrogen) atoms. The van der Waals surface area contributed by atoms with Gasteiger partial charge in [0.25, 0.3) is 0 Å². The van der Waals surface area contributed by atoms with Crippen molar-refractivity contribution in [2.75, 3.05) is 52.4 Å². The van der Waals surface area contributed by atoms with Gasteiger partial charge in [0, 0.05) is 45.2 Å². The number of piperidine rings is 1. The number of benzene rings is 1. The summed E-state index contributed by atoms with van der Waals surface area (Å²) in [5.74, 6) is 1.71. The summed E-state index contributed by atoms with van der Waals surface area (Å²) in [5, 5.41) is 0. The number of carbonyl (C=O) groups excluding carboxylic acids is 1. The van der Waals surface area contributed by atoms with Crippen LogP contribution in [-0.2, 0) is 11.3 Å². The highest BCUT2D eigenvalue weighted by Crippen LogP contribution is 2.31. The Morgan fingerprint density at radius 1 is 0.862 bits per heavy atom. The van der Waals surface area contributed by atoms with Crippen molar-refractivity contribution in [2.24, 2.45) is 5.92 Å². The molecule has 2 heterocycles. The number of rotatable bonds is 8. The van der Waals surface area contributed by atoms with Gasteiger partial charge in [-0.1, -0.05) is 18.6 Å². The van der Waals surface area contributed by atoms with E-state index >= 15 is 0 Å². The zero-order valence-electron chi connectivity index (χ0n) is 17.9. The van der Waals surface area contributed by atoms with Crippen LogP contribution in [0.15, 0.2) is 24.3 Å². The van der Waals surface area contributed by atoms with Crippen molar-refractivity contribution in [3.8, 4) is 5.75 Å². The minimum absolute atomic E-state index is 0.342. The van der Waals surface area contributed by atoms with Crippen molar-refractivity contribution in [3.63, 3.8) is 0 Å². The van der Waals surface area contributed by atoms with Crippen LogP contribution in [0.25, 0.3) is 0 Å². The Bertz CT molecular complexity index is 638. The standard InChI is InChI=1S/C24H37N3O2/c28-24(22-8-9-22)27-16-4-14-26(17-18-27)20-21-6-10-23(11-7-21)29-19-5-15-25-12-2-1-3-13-25/h6-7,10-11,22H,1-5,8-9,12-20H2. The maximum absolute atomic E-state index is 12.3. The molecule has 3 aliphatic rings. The number of nitrogens with zero attached hydrogens (tertiary/aromatic N) is 3. The van der Waals surface area contributed by atoms with Crippen LogP contribution < -0.4 is 4.74 Å². The summed E-state index contributed by atoms with van der Waals surface area (Å²) >= 11 is 0. The topological polar surface area (TPSA) is 36.0 Å². The van der Waals surface area contributed by atoms with E-state index < -0.39 is 0 Å². The SMILES string of the molecule is O=C(C1CC1)N1CCCN(Cc2ccc(OCCCN3CCCCC3)cc2)CC1. The quantitative estimate of drug-likeness (QED) is 0.628. The predicted octanol–water partition coefficient (Wildman–Crippen LogP) is 3.39. The molecular formula is C24H37N3O2. The fourth-order valence-corrected chi connectivity index (χ4v) is 4.55. The summed E-state index contributed by atoms with van der Waals surface area (Å²) in [7, 11) is 0. The van der Waals surface area contributed by atoms with Gasteiger partial charge < -0.3 is 14.5 Å². The van der Waals surface area contributed by atoms with Crippen LogP contribution in [0.5, 0.6) is 5.75 Å². The molecule has 3 fully saturated rings. The Hall–Kier alpha value is -1.59. The summed E-state index contributed by atoms with van der Waals surface area (Å²) in [6.45, 7) is 9.30. The largest absolute Gasteiger partial charge is 0.494 e. The minimum Gasteiger partial charge on any atom is -0.494 e. The van der Waals surface area contributed by atoms with Crippen LogP contribution in [0.4, 0.5) is 0 Å². The van der Waals surface area contributed by atoms with Crippen LogP contribution in [0.3, 0.4) is 0 Å². The molecule has 2 saturated heterocycles. The van der Waals surface area contributed by atoms with E-state index in [1.807, 2.05) is 0 Å². The summed E-state index contributed by atoms with van der Waals surface area (Å²) < 4.78 is 5.95. The summed E-state index contributed by atoms with van der Waals surface area (Å²) in [6.07, 6.45) is 8.50. The van der Waals surface area contributed by atoms with Gasteiger partial charge in [0.15, 0.2) is 0 Å². The number of likely N-dealkylation sites (tertiary alicyclic amines) is 1. The molecule has 0 unspecified atom stereocenters. The lowest BCUT2D eigenvalue weighted by molar-refractivity contribution is -0.132. The molecule has 1 saturated carbocycles. The van der Waals surface area contributed by atoms with E-state index in [4.69, 9.17) is 4.74 Å². The van der Waals surface area contributed by atoms with Crippen molar-refractivity contribution in [1.29, 1.82) is 0 Å². The van der Waals surface area contributed by atoms with Crippen molar-refractivity contribution in [2.45, 2.75) is 51.5 Å². The van der Waals surface area contributed by atoms with Crippen molar-refractivity contribution < 1.29 is 9.53 Å². The first kappa shape index (κ1) is 20.7. The molecule has 0 radical (unpaired) electrons. The molecule has 0 atom stereocenters. The molecule has 4 rings (SSSR count). The summed E-state index contributed by atoms with van der Waals surface area (Å²) in [4.78, 5) is 19.4. The monoisotopic (exact) mass is 399 g/mol. The van der Waals surface area contributed by atoms with E-state index in [0.717, 1.165) is 77.3 Å². The maximum atomic E-state index is 12.3. The molecule has 5 nitrogen and oxygen atoms in total.